The van der Waals surface area contributed by atoms with Crippen molar-refractivity contribution in [3.63, 3.8) is 0 Å². The molecule has 2 rings (SSSR count). The third-order valence-corrected chi connectivity index (χ3v) is 2.55. The lowest BCUT2D eigenvalue weighted by atomic mass is 10.1. The number of hydrogen-bond acceptors (Lipinski definition) is 3. The molecule has 0 aliphatic carbocycles. The first-order chi connectivity index (χ1) is 7.63. The molecule has 0 radical (unpaired) electrons. The van der Waals surface area contributed by atoms with E-state index in [1.54, 1.807) is 12.1 Å². The molecule has 1 fully saturated rings. The summed E-state index contributed by atoms with van der Waals surface area (Å²) in [6.45, 7) is 0.330. The molecule has 1 amide bonds. The molecule has 1 heterocycles. The van der Waals surface area contributed by atoms with E-state index in [0.717, 1.165) is 0 Å². The number of benzene rings is 1. The highest BCUT2D eigenvalue weighted by molar-refractivity contribution is 5.97. The average Bonchev–Trinajstić information content (AvgIpc) is 2.57. The van der Waals surface area contributed by atoms with Crippen molar-refractivity contribution in [1.29, 1.82) is 5.26 Å². The molecular formula is C11H10FN3O. The van der Waals surface area contributed by atoms with E-state index in [9.17, 15) is 9.18 Å². The number of nitrogens with two attached hydrogens (primary N) is 1. The molecule has 0 spiro atoms. The van der Waals surface area contributed by atoms with Crippen molar-refractivity contribution in [1.82, 2.24) is 0 Å². The van der Waals surface area contributed by atoms with Gasteiger partial charge in [-0.25, -0.2) is 4.39 Å². The summed E-state index contributed by atoms with van der Waals surface area (Å²) in [6.07, 6.45) is 0.237. The second-order valence-electron chi connectivity index (χ2n) is 3.71. The quantitative estimate of drug-likeness (QED) is 0.758. The number of anilines is 1. The standard InChI is InChI=1S/C11H10FN3O/c12-9-2-1-3-10(8(9)5-13)15-6-7(14)4-11(15)16/h1-3,7H,4,6,14H2. The summed E-state index contributed by atoms with van der Waals surface area (Å²) in [5, 5.41) is 8.85. The van der Waals surface area contributed by atoms with E-state index in [0.29, 0.717) is 12.2 Å². The molecule has 16 heavy (non-hydrogen) atoms. The van der Waals surface area contributed by atoms with Gasteiger partial charge < -0.3 is 10.6 Å². The number of carbonyl (C=O) groups is 1. The molecular weight excluding hydrogens is 209 g/mol. The molecule has 1 aromatic rings. The van der Waals surface area contributed by atoms with E-state index in [2.05, 4.69) is 0 Å². The third kappa shape index (κ3) is 1.64. The molecule has 1 unspecified atom stereocenters. The van der Waals surface area contributed by atoms with Gasteiger partial charge in [-0.05, 0) is 12.1 Å². The van der Waals surface area contributed by atoms with E-state index in [-0.39, 0.29) is 23.9 Å². The van der Waals surface area contributed by atoms with Crippen molar-refractivity contribution in [2.45, 2.75) is 12.5 Å². The van der Waals surface area contributed by atoms with Crippen molar-refractivity contribution in [2.24, 2.45) is 5.73 Å². The molecule has 1 aliphatic rings. The summed E-state index contributed by atoms with van der Waals surface area (Å²) in [4.78, 5) is 12.9. The Morgan fingerprint density at radius 2 is 2.31 bits per heavy atom. The Morgan fingerprint density at radius 3 is 2.88 bits per heavy atom. The largest absolute Gasteiger partial charge is 0.326 e. The highest BCUT2D eigenvalue weighted by Crippen LogP contribution is 2.26. The van der Waals surface area contributed by atoms with Crippen LogP contribution in [0.1, 0.15) is 12.0 Å². The van der Waals surface area contributed by atoms with Crippen molar-refractivity contribution < 1.29 is 9.18 Å². The molecule has 1 atom stereocenters. The second-order valence-corrected chi connectivity index (χ2v) is 3.71. The van der Waals surface area contributed by atoms with E-state index < -0.39 is 5.82 Å². The number of amides is 1. The summed E-state index contributed by atoms with van der Waals surface area (Å²) in [5.41, 5.74) is 5.84. The SMILES string of the molecule is N#Cc1c(F)cccc1N1CC(N)CC1=O. The molecule has 2 N–H and O–H groups in total. The van der Waals surface area contributed by atoms with Crippen LogP contribution in [-0.4, -0.2) is 18.5 Å². The Balaban J connectivity index is 2.45. The minimum Gasteiger partial charge on any atom is -0.326 e. The number of carbonyl (C=O) groups excluding carboxylic acids is 1. The molecule has 0 bridgehead atoms. The highest BCUT2D eigenvalue weighted by atomic mass is 19.1. The second kappa shape index (κ2) is 3.91. The van der Waals surface area contributed by atoms with E-state index in [1.165, 1.54) is 17.0 Å². The average molecular weight is 219 g/mol. The number of halogens is 1. The van der Waals surface area contributed by atoms with E-state index in [1.807, 2.05) is 0 Å². The monoisotopic (exact) mass is 219 g/mol. The lowest BCUT2D eigenvalue weighted by Gasteiger charge is -2.17. The zero-order valence-electron chi connectivity index (χ0n) is 8.48. The van der Waals surface area contributed by atoms with E-state index in [4.69, 9.17) is 11.0 Å². The Kier molecular flexibility index (Phi) is 2.59. The van der Waals surface area contributed by atoms with Gasteiger partial charge >= 0.3 is 0 Å². The lowest BCUT2D eigenvalue weighted by molar-refractivity contribution is -0.117. The molecule has 4 nitrogen and oxygen atoms in total. The normalized spacial score (nSPS) is 19.9. The van der Waals surface area contributed by atoms with Crippen LogP contribution in [0.5, 0.6) is 0 Å². The summed E-state index contributed by atoms with van der Waals surface area (Å²) in [5.74, 6) is -0.789. The van der Waals surface area contributed by atoms with Gasteiger partial charge in [-0.2, -0.15) is 5.26 Å². The Bertz CT molecular complexity index is 481. The van der Waals surface area contributed by atoms with Crippen LogP contribution in [0.2, 0.25) is 0 Å². The number of rotatable bonds is 1. The van der Waals surface area contributed by atoms with Gasteiger partial charge in [0.05, 0.1) is 5.69 Å². The first-order valence-corrected chi connectivity index (χ1v) is 4.88. The van der Waals surface area contributed by atoms with E-state index >= 15 is 0 Å². The predicted molar refractivity (Wildman–Crippen MR) is 56.1 cm³/mol. The molecule has 0 saturated carbocycles. The maximum absolute atomic E-state index is 13.3. The van der Waals surface area contributed by atoms with Crippen LogP contribution >= 0.6 is 0 Å². The molecule has 82 valence electrons. The molecule has 5 heteroatoms. The highest BCUT2D eigenvalue weighted by Gasteiger charge is 2.30. The fourth-order valence-electron chi connectivity index (χ4n) is 1.82. The molecule has 0 aromatic heterocycles. The number of hydrogen-bond donors (Lipinski definition) is 1. The van der Waals surface area contributed by atoms with Gasteiger partial charge in [-0.1, -0.05) is 6.07 Å². The lowest BCUT2D eigenvalue weighted by Crippen LogP contribution is -2.28. The minimum absolute atomic E-state index is 0.107. The van der Waals surface area contributed by atoms with Crippen LogP contribution in [0, 0.1) is 17.1 Å². The van der Waals surface area contributed by atoms with Crippen LogP contribution in [0.25, 0.3) is 0 Å². The smallest absolute Gasteiger partial charge is 0.228 e. The van der Waals surface area contributed by atoms with Gasteiger partial charge in [0, 0.05) is 19.0 Å². The van der Waals surface area contributed by atoms with Crippen LogP contribution in [-0.2, 0) is 4.79 Å². The van der Waals surface area contributed by atoms with Crippen molar-refractivity contribution in [2.75, 3.05) is 11.4 Å². The Hall–Kier alpha value is -1.93. The van der Waals surface area contributed by atoms with Crippen LogP contribution in [0.3, 0.4) is 0 Å². The topological polar surface area (TPSA) is 70.1 Å². The Labute approximate surface area is 92.1 Å². The van der Waals surface area contributed by atoms with Gasteiger partial charge in [-0.3, -0.25) is 4.79 Å². The first-order valence-electron chi connectivity index (χ1n) is 4.88. The summed E-state index contributed by atoms with van der Waals surface area (Å²) >= 11 is 0. The van der Waals surface area contributed by atoms with Crippen LogP contribution < -0.4 is 10.6 Å². The zero-order valence-corrected chi connectivity index (χ0v) is 8.48. The molecule has 1 aliphatic heterocycles. The fourth-order valence-corrected chi connectivity index (χ4v) is 1.82. The number of nitrogens with zero attached hydrogens (tertiary/aromatic N) is 2. The minimum atomic E-state index is -0.617. The van der Waals surface area contributed by atoms with Gasteiger partial charge in [0.15, 0.2) is 0 Å². The molecule has 1 aromatic carbocycles. The van der Waals surface area contributed by atoms with Crippen LogP contribution in [0.15, 0.2) is 18.2 Å². The third-order valence-electron chi connectivity index (χ3n) is 2.55. The van der Waals surface area contributed by atoms with Crippen molar-refractivity contribution >= 4 is 11.6 Å². The first kappa shape index (κ1) is 10.6. The Morgan fingerprint density at radius 1 is 1.56 bits per heavy atom. The molecule has 1 saturated heterocycles. The van der Waals surface area contributed by atoms with Crippen LogP contribution in [0.4, 0.5) is 10.1 Å². The summed E-state index contributed by atoms with van der Waals surface area (Å²) in [6, 6.07) is 5.74. The maximum Gasteiger partial charge on any atom is 0.228 e. The summed E-state index contributed by atoms with van der Waals surface area (Å²) < 4.78 is 13.3. The number of nitriles is 1. The summed E-state index contributed by atoms with van der Waals surface area (Å²) in [7, 11) is 0. The fraction of sp³-hybridized carbons (Fsp3) is 0.273. The van der Waals surface area contributed by atoms with Crippen molar-refractivity contribution in [3.8, 4) is 6.07 Å². The van der Waals surface area contributed by atoms with Gasteiger partial charge in [0.2, 0.25) is 5.91 Å². The predicted octanol–water partition coefficient (Wildman–Crippen LogP) is 0.761. The van der Waals surface area contributed by atoms with Gasteiger partial charge in [-0.15, -0.1) is 0 Å². The maximum atomic E-state index is 13.3. The van der Waals surface area contributed by atoms with Gasteiger partial charge in [0.25, 0.3) is 0 Å². The zero-order chi connectivity index (χ0) is 11.7. The van der Waals surface area contributed by atoms with Crippen molar-refractivity contribution in [3.05, 3.63) is 29.6 Å². The van der Waals surface area contributed by atoms with Gasteiger partial charge in [0.1, 0.15) is 17.4 Å².